The summed E-state index contributed by atoms with van der Waals surface area (Å²) < 4.78 is 10.7. The molecule has 0 aliphatic rings. The molecule has 0 heterocycles. The third kappa shape index (κ3) is 4.38. The highest BCUT2D eigenvalue weighted by Crippen LogP contribution is 2.30. The molecule has 2 aromatic rings. The van der Waals surface area contributed by atoms with E-state index in [0.717, 1.165) is 5.56 Å². The van der Waals surface area contributed by atoms with Gasteiger partial charge < -0.3 is 14.8 Å². The van der Waals surface area contributed by atoms with Crippen LogP contribution in [0.3, 0.4) is 0 Å². The molecule has 2 aromatic carbocycles. The average Bonchev–Trinajstić information content (AvgIpc) is 2.55. The lowest BCUT2D eigenvalue weighted by atomic mass is 10.2. The van der Waals surface area contributed by atoms with Crippen molar-refractivity contribution in [1.29, 1.82) is 0 Å². The van der Waals surface area contributed by atoms with Crippen molar-refractivity contribution >= 4 is 17.7 Å². The van der Waals surface area contributed by atoms with Crippen molar-refractivity contribution < 1.29 is 14.3 Å². The summed E-state index contributed by atoms with van der Waals surface area (Å²) in [6.45, 7) is 2.46. The van der Waals surface area contributed by atoms with E-state index in [1.54, 1.807) is 31.4 Å². The van der Waals surface area contributed by atoms with E-state index in [4.69, 9.17) is 9.47 Å². The molecule has 0 bridgehead atoms. The van der Waals surface area contributed by atoms with Crippen molar-refractivity contribution in [2.24, 2.45) is 0 Å². The van der Waals surface area contributed by atoms with E-state index in [2.05, 4.69) is 5.32 Å². The maximum atomic E-state index is 11.9. The summed E-state index contributed by atoms with van der Waals surface area (Å²) in [7, 11) is 1.57. The van der Waals surface area contributed by atoms with Crippen LogP contribution in [0, 0.1) is 0 Å². The summed E-state index contributed by atoms with van der Waals surface area (Å²) in [5.74, 6) is 1.05. The van der Waals surface area contributed by atoms with E-state index in [1.165, 1.54) is 6.08 Å². The van der Waals surface area contributed by atoms with Crippen molar-refractivity contribution in [3.05, 3.63) is 60.2 Å². The van der Waals surface area contributed by atoms with Crippen LogP contribution >= 0.6 is 0 Å². The van der Waals surface area contributed by atoms with Crippen molar-refractivity contribution in [2.45, 2.75) is 6.92 Å². The van der Waals surface area contributed by atoms with Gasteiger partial charge in [-0.15, -0.1) is 0 Å². The molecular formula is C18H19NO3. The largest absolute Gasteiger partial charge is 0.493 e. The van der Waals surface area contributed by atoms with Gasteiger partial charge in [0.2, 0.25) is 5.91 Å². The Balaban J connectivity index is 2.04. The lowest BCUT2D eigenvalue weighted by Crippen LogP contribution is -2.08. The lowest BCUT2D eigenvalue weighted by molar-refractivity contribution is -0.111. The highest BCUT2D eigenvalue weighted by molar-refractivity contribution is 6.02. The third-order valence-corrected chi connectivity index (χ3v) is 2.96. The van der Waals surface area contributed by atoms with Gasteiger partial charge in [-0.25, -0.2) is 0 Å². The molecule has 2 rings (SSSR count). The van der Waals surface area contributed by atoms with Crippen LogP contribution in [-0.2, 0) is 4.79 Å². The number of ether oxygens (including phenoxy) is 2. The quantitative estimate of drug-likeness (QED) is 0.826. The minimum absolute atomic E-state index is 0.199. The molecule has 0 unspecified atom stereocenters. The number of nitrogens with one attached hydrogen (secondary N) is 1. The van der Waals surface area contributed by atoms with Gasteiger partial charge in [-0.1, -0.05) is 30.3 Å². The first-order valence-electron chi connectivity index (χ1n) is 7.08. The molecule has 0 saturated heterocycles. The maximum Gasteiger partial charge on any atom is 0.248 e. The molecule has 0 fully saturated rings. The predicted octanol–water partition coefficient (Wildman–Crippen LogP) is 3.75. The molecule has 0 spiro atoms. The van der Waals surface area contributed by atoms with Crippen LogP contribution in [0.1, 0.15) is 12.5 Å². The van der Waals surface area contributed by atoms with Crippen LogP contribution in [0.5, 0.6) is 11.5 Å². The molecule has 0 atom stereocenters. The Bertz CT molecular complexity index is 651. The number of amides is 1. The first-order chi connectivity index (χ1) is 10.7. The maximum absolute atomic E-state index is 11.9. The van der Waals surface area contributed by atoms with E-state index in [-0.39, 0.29) is 5.91 Å². The second kappa shape index (κ2) is 7.88. The number of carbonyl (C=O) groups excluding carboxylic acids is 1. The molecule has 1 amide bonds. The summed E-state index contributed by atoms with van der Waals surface area (Å²) in [4.78, 5) is 11.9. The van der Waals surface area contributed by atoms with Crippen LogP contribution < -0.4 is 14.8 Å². The Morgan fingerprint density at radius 1 is 1.14 bits per heavy atom. The van der Waals surface area contributed by atoms with Gasteiger partial charge in [0, 0.05) is 17.8 Å². The first-order valence-corrected chi connectivity index (χ1v) is 7.08. The number of benzene rings is 2. The van der Waals surface area contributed by atoms with E-state index in [1.807, 2.05) is 37.3 Å². The fourth-order valence-electron chi connectivity index (χ4n) is 1.94. The molecule has 0 saturated carbocycles. The molecule has 0 aliphatic carbocycles. The predicted molar refractivity (Wildman–Crippen MR) is 88.3 cm³/mol. The van der Waals surface area contributed by atoms with Gasteiger partial charge in [-0.2, -0.15) is 0 Å². The summed E-state index contributed by atoms with van der Waals surface area (Å²) in [5.41, 5.74) is 1.63. The van der Waals surface area contributed by atoms with Gasteiger partial charge in [0.1, 0.15) is 0 Å². The molecule has 0 aromatic heterocycles. The second-order valence-electron chi connectivity index (χ2n) is 4.53. The zero-order chi connectivity index (χ0) is 15.8. The molecular weight excluding hydrogens is 278 g/mol. The molecule has 0 aliphatic heterocycles. The molecule has 1 N–H and O–H groups in total. The number of anilines is 1. The van der Waals surface area contributed by atoms with Crippen LogP contribution in [0.4, 0.5) is 5.69 Å². The van der Waals surface area contributed by atoms with E-state index < -0.39 is 0 Å². The van der Waals surface area contributed by atoms with Crippen molar-refractivity contribution in [1.82, 2.24) is 0 Å². The SMILES string of the molecule is CCOc1ccc(NC(=O)/C=C/c2ccccc2)cc1OC. The number of methoxy groups -OCH3 is 1. The van der Waals surface area contributed by atoms with E-state index in [9.17, 15) is 4.79 Å². The van der Waals surface area contributed by atoms with Crippen molar-refractivity contribution in [2.75, 3.05) is 19.0 Å². The number of hydrogen-bond donors (Lipinski definition) is 1. The normalized spacial score (nSPS) is 10.5. The number of rotatable bonds is 6. The topological polar surface area (TPSA) is 47.6 Å². The van der Waals surface area contributed by atoms with Crippen LogP contribution in [0.2, 0.25) is 0 Å². The highest BCUT2D eigenvalue weighted by atomic mass is 16.5. The van der Waals surface area contributed by atoms with Gasteiger partial charge in [-0.05, 0) is 30.7 Å². The fraction of sp³-hybridized carbons (Fsp3) is 0.167. The third-order valence-electron chi connectivity index (χ3n) is 2.96. The smallest absolute Gasteiger partial charge is 0.248 e. The first kappa shape index (κ1) is 15.6. The Labute approximate surface area is 130 Å². The second-order valence-corrected chi connectivity index (χ2v) is 4.53. The van der Waals surface area contributed by atoms with Crippen molar-refractivity contribution in [3.63, 3.8) is 0 Å². The summed E-state index contributed by atoms with van der Waals surface area (Å²) in [5, 5.41) is 2.79. The molecule has 0 radical (unpaired) electrons. The van der Waals surface area contributed by atoms with Gasteiger partial charge in [0.15, 0.2) is 11.5 Å². The van der Waals surface area contributed by atoms with Crippen LogP contribution in [0.15, 0.2) is 54.6 Å². The Morgan fingerprint density at radius 3 is 2.59 bits per heavy atom. The molecule has 4 nitrogen and oxygen atoms in total. The summed E-state index contributed by atoms with van der Waals surface area (Å²) >= 11 is 0. The number of hydrogen-bond acceptors (Lipinski definition) is 3. The summed E-state index contributed by atoms with van der Waals surface area (Å²) in [6, 6.07) is 14.9. The minimum Gasteiger partial charge on any atom is -0.493 e. The Kier molecular flexibility index (Phi) is 5.60. The van der Waals surface area contributed by atoms with Crippen molar-refractivity contribution in [3.8, 4) is 11.5 Å². The molecule has 22 heavy (non-hydrogen) atoms. The molecule has 4 heteroatoms. The monoisotopic (exact) mass is 297 g/mol. The van der Waals surface area contributed by atoms with Crippen LogP contribution in [-0.4, -0.2) is 19.6 Å². The minimum atomic E-state index is -0.199. The highest BCUT2D eigenvalue weighted by Gasteiger charge is 2.06. The van der Waals surface area contributed by atoms with Crippen LogP contribution in [0.25, 0.3) is 6.08 Å². The zero-order valence-corrected chi connectivity index (χ0v) is 12.7. The van der Waals surface area contributed by atoms with Gasteiger partial charge >= 0.3 is 0 Å². The number of carbonyl (C=O) groups is 1. The molecule has 114 valence electrons. The Morgan fingerprint density at radius 2 is 1.91 bits per heavy atom. The lowest BCUT2D eigenvalue weighted by Gasteiger charge is -2.11. The average molecular weight is 297 g/mol. The van der Waals surface area contributed by atoms with Gasteiger partial charge in [0.05, 0.1) is 13.7 Å². The van der Waals surface area contributed by atoms with E-state index in [0.29, 0.717) is 23.8 Å². The fourth-order valence-corrected chi connectivity index (χ4v) is 1.94. The van der Waals surface area contributed by atoms with Gasteiger partial charge in [-0.3, -0.25) is 4.79 Å². The summed E-state index contributed by atoms with van der Waals surface area (Å²) in [6.07, 6.45) is 3.26. The zero-order valence-electron chi connectivity index (χ0n) is 12.7. The standard InChI is InChI=1S/C18H19NO3/c1-3-22-16-11-10-15(13-17(16)21-2)19-18(20)12-9-14-7-5-4-6-8-14/h4-13H,3H2,1-2H3,(H,19,20)/b12-9+. The van der Waals surface area contributed by atoms with E-state index >= 15 is 0 Å². The Hall–Kier alpha value is -2.75. The van der Waals surface area contributed by atoms with Gasteiger partial charge in [0.25, 0.3) is 0 Å².